The molecule has 1 amide bonds. The van der Waals surface area contributed by atoms with Gasteiger partial charge < -0.3 is 14.2 Å². The van der Waals surface area contributed by atoms with Gasteiger partial charge in [-0.1, -0.05) is 29.0 Å². The lowest BCUT2D eigenvalue weighted by Gasteiger charge is -2.15. The zero-order chi connectivity index (χ0) is 25.4. The second-order valence-corrected chi connectivity index (χ2v) is 9.12. The molecule has 35 heavy (non-hydrogen) atoms. The standard InChI is InChI=1S/C25H25ClN4O4S/c1-5-32-22-13-18(11-19(14-27)24(31)28-25-30-29-17(4)35-25)12-21(26)23(22)34-7-6-33-20-9-15(2)8-16(3)10-20/h8-13H,5-7H2,1-4H3,(H,28,30,31). The Hall–Kier alpha value is -3.61. The minimum Gasteiger partial charge on any atom is -0.490 e. The summed E-state index contributed by atoms with van der Waals surface area (Å²) in [7, 11) is 0. The van der Waals surface area contributed by atoms with Crippen molar-refractivity contribution in [3.8, 4) is 23.3 Å². The molecule has 182 valence electrons. The average molecular weight is 513 g/mol. The highest BCUT2D eigenvalue weighted by Gasteiger charge is 2.16. The molecule has 0 aliphatic rings. The van der Waals surface area contributed by atoms with Crippen LogP contribution in [-0.4, -0.2) is 35.9 Å². The lowest BCUT2D eigenvalue weighted by molar-refractivity contribution is -0.112. The summed E-state index contributed by atoms with van der Waals surface area (Å²) in [5.41, 5.74) is 2.63. The van der Waals surface area contributed by atoms with Crippen molar-refractivity contribution in [1.29, 1.82) is 5.26 Å². The predicted octanol–water partition coefficient (Wildman–Crippen LogP) is 5.52. The van der Waals surface area contributed by atoms with E-state index in [4.69, 9.17) is 25.8 Å². The number of benzene rings is 2. The molecule has 1 N–H and O–H groups in total. The maximum Gasteiger partial charge on any atom is 0.268 e. The van der Waals surface area contributed by atoms with E-state index >= 15 is 0 Å². The van der Waals surface area contributed by atoms with Crippen molar-refractivity contribution in [3.63, 3.8) is 0 Å². The third-order valence-electron chi connectivity index (χ3n) is 4.55. The number of hydrogen-bond acceptors (Lipinski definition) is 8. The maximum atomic E-state index is 12.5. The van der Waals surface area contributed by atoms with Gasteiger partial charge in [0.2, 0.25) is 5.13 Å². The largest absolute Gasteiger partial charge is 0.490 e. The minimum atomic E-state index is -0.596. The highest BCUT2D eigenvalue weighted by Crippen LogP contribution is 2.37. The molecule has 3 rings (SSSR count). The van der Waals surface area contributed by atoms with Crippen molar-refractivity contribution < 1.29 is 19.0 Å². The molecule has 0 saturated carbocycles. The van der Waals surface area contributed by atoms with Crippen LogP contribution in [0.5, 0.6) is 17.2 Å². The van der Waals surface area contributed by atoms with Crippen LogP contribution in [0.4, 0.5) is 5.13 Å². The number of nitrogens with zero attached hydrogens (tertiary/aromatic N) is 3. The lowest BCUT2D eigenvalue weighted by atomic mass is 10.1. The Balaban J connectivity index is 1.72. The molecule has 0 aliphatic heterocycles. The normalized spacial score (nSPS) is 11.0. The van der Waals surface area contributed by atoms with Crippen LogP contribution in [-0.2, 0) is 4.79 Å². The van der Waals surface area contributed by atoms with Crippen molar-refractivity contribution in [2.75, 3.05) is 25.1 Å². The fraction of sp³-hybridized carbons (Fsp3) is 0.280. The fourth-order valence-corrected chi connectivity index (χ4v) is 4.08. The summed E-state index contributed by atoms with van der Waals surface area (Å²) in [6, 6.07) is 11.2. The van der Waals surface area contributed by atoms with Crippen LogP contribution < -0.4 is 19.5 Å². The van der Waals surface area contributed by atoms with Gasteiger partial charge in [0, 0.05) is 0 Å². The Labute approximate surface area is 213 Å². The second kappa shape index (κ2) is 12.2. The number of aryl methyl sites for hydroxylation is 3. The quantitative estimate of drug-likeness (QED) is 0.216. The second-order valence-electron chi connectivity index (χ2n) is 7.53. The Morgan fingerprint density at radius 1 is 1.09 bits per heavy atom. The van der Waals surface area contributed by atoms with Gasteiger partial charge in [-0.3, -0.25) is 10.1 Å². The predicted molar refractivity (Wildman–Crippen MR) is 136 cm³/mol. The van der Waals surface area contributed by atoms with Crippen molar-refractivity contribution in [1.82, 2.24) is 10.2 Å². The van der Waals surface area contributed by atoms with E-state index in [-0.39, 0.29) is 17.2 Å². The SMILES string of the molecule is CCOc1cc(C=C(C#N)C(=O)Nc2nnc(C)s2)cc(Cl)c1OCCOc1cc(C)cc(C)c1. The van der Waals surface area contributed by atoms with Gasteiger partial charge in [0.05, 0.1) is 11.6 Å². The molecule has 8 nitrogen and oxygen atoms in total. The molecule has 0 saturated heterocycles. The van der Waals surface area contributed by atoms with E-state index in [0.29, 0.717) is 40.4 Å². The van der Waals surface area contributed by atoms with Crippen LogP contribution in [0.1, 0.15) is 28.6 Å². The summed E-state index contributed by atoms with van der Waals surface area (Å²) in [4.78, 5) is 12.5. The molecule has 0 fully saturated rings. The lowest BCUT2D eigenvalue weighted by Crippen LogP contribution is -2.13. The Morgan fingerprint density at radius 2 is 1.80 bits per heavy atom. The summed E-state index contributed by atoms with van der Waals surface area (Å²) >= 11 is 7.69. The zero-order valence-corrected chi connectivity index (χ0v) is 21.4. The van der Waals surface area contributed by atoms with E-state index in [2.05, 4.69) is 21.6 Å². The summed E-state index contributed by atoms with van der Waals surface area (Å²) in [6.45, 7) is 8.57. The number of carbonyl (C=O) groups excluding carboxylic acids is 1. The zero-order valence-electron chi connectivity index (χ0n) is 19.8. The van der Waals surface area contributed by atoms with Gasteiger partial charge in [0.15, 0.2) is 11.5 Å². The van der Waals surface area contributed by atoms with Crippen LogP contribution >= 0.6 is 22.9 Å². The van der Waals surface area contributed by atoms with Gasteiger partial charge in [-0.15, -0.1) is 10.2 Å². The van der Waals surface area contributed by atoms with E-state index in [0.717, 1.165) is 16.9 Å². The van der Waals surface area contributed by atoms with Crippen LogP contribution in [0.2, 0.25) is 5.02 Å². The topological polar surface area (TPSA) is 106 Å². The summed E-state index contributed by atoms with van der Waals surface area (Å²) in [6.07, 6.45) is 1.42. The van der Waals surface area contributed by atoms with Crippen molar-refractivity contribution in [2.24, 2.45) is 0 Å². The first-order valence-corrected chi connectivity index (χ1v) is 12.0. The van der Waals surface area contributed by atoms with Gasteiger partial charge in [0.25, 0.3) is 5.91 Å². The average Bonchev–Trinajstić information content (AvgIpc) is 3.20. The van der Waals surface area contributed by atoms with E-state index in [1.807, 2.05) is 39.0 Å². The molecular weight excluding hydrogens is 488 g/mol. The number of amides is 1. The first kappa shape index (κ1) is 26.0. The number of carbonyl (C=O) groups is 1. The number of aromatic nitrogens is 2. The number of anilines is 1. The maximum absolute atomic E-state index is 12.5. The molecule has 1 heterocycles. The Kier molecular flexibility index (Phi) is 9.06. The van der Waals surface area contributed by atoms with Crippen LogP contribution in [0.3, 0.4) is 0 Å². The molecule has 1 aromatic heterocycles. The van der Waals surface area contributed by atoms with Gasteiger partial charge in [-0.25, -0.2) is 0 Å². The van der Waals surface area contributed by atoms with Gasteiger partial charge >= 0.3 is 0 Å². The highest BCUT2D eigenvalue weighted by atomic mass is 35.5. The highest BCUT2D eigenvalue weighted by molar-refractivity contribution is 7.15. The van der Waals surface area contributed by atoms with Crippen molar-refractivity contribution >= 4 is 40.1 Å². The number of rotatable bonds is 10. The van der Waals surface area contributed by atoms with Crippen LogP contribution in [0.15, 0.2) is 35.9 Å². The Bertz CT molecular complexity index is 1260. The van der Waals surface area contributed by atoms with Crippen molar-refractivity contribution in [3.05, 3.63) is 62.6 Å². The fourth-order valence-electron chi connectivity index (χ4n) is 3.22. The number of nitrogens with one attached hydrogen (secondary N) is 1. The first-order valence-electron chi connectivity index (χ1n) is 10.8. The molecule has 10 heteroatoms. The summed E-state index contributed by atoms with van der Waals surface area (Å²) in [5.74, 6) is 0.937. The van der Waals surface area contributed by atoms with E-state index in [1.165, 1.54) is 17.4 Å². The Morgan fingerprint density at radius 3 is 2.43 bits per heavy atom. The van der Waals surface area contributed by atoms with Crippen LogP contribution in [0.25, 0.3) is 6.08 Å². The molecule has 0 bridgehead atoms. The third-order valence-corrected chi connectivity index (χ3v) is 5.58. The van der Waals surface area contributed by atoms with E-state index in [1.54, 1.807) is 19.1 Å². The van der Waals surface area contributed by atoms with Gasteiger partial charge in [-0.05, 0) is 74.7 Å². The molecular formula is C25H25ClN4O4S. The van der Waals surface area contributed by atoms with E-state index < -0.39 is 5.91 Å². The van der Waals surface area contributed by atoms with Crippen molar-refractivity contribution in [2.45, 2.75) is 27.7 Å². The number of nitriles is 1. The van der Waals surface area contributed by atoms with Gasteiger partial charge in [0.1, 0.15) is 35.6 Å². The molecule has 0 atom stereocenters. The number of hydrogen-bond donors (Lipinski definition) is 1. The molecule has 2 aromatic carbocycles. The smallest absolute Gasteiger partial charge is 0.268 e. The molecule has 0 unspecified atom stereocenters. The molecule has 3 aromatic rings. The first-order chi connectivity index (χ1) is 16.8. The molecule has 0 spiro atoms. The van der Waals surface area contributed by atoms with Gasteiger partial charge in [-0.2, -0.15) is 5.26 Å². The molecule has 0 aliphatic carbocycles. The third kappa shape index (κ3) is 7.44. The van der Waals surface area contributed by atoms with E-state index in [9.17, 15) is 10.1 Å². The molecule has 0 radical (unpaired) electrons. The monoisotopic (exact) mass is 512 g/mol. The minimum absolute atomic E-state index is 0.119. The number of ether oxygens (including phenoxy) is 3. The summed E-state index contributed by atoms with van der Waals surface area (Å²) < 4.78 is 17.3. The van der Waals surface area contributed by atoms with Crippen LogP contribution in [0, 0.1) is 32.1 Å². The summed E-state index contributed by atoms with van der Waals surface area (Å²) in [5, 5.41) is 21.0. The number of halogens is 1.